The second-order valence-electron chi connectivity index (χ2n) is 8.25. The molecule has 0 amide bonds. The average molecular weight is 293 g/mol. The number of nitrogens with zero attached hydrogens (tertiary/aromatic N) is 2. The van der Waals surface area contributed by atoms with Gasteiger partial charge in [-0.05, 0) is 57.5 Å². The van der Waals surface area contributed by atoms with Crippen molar-refractivity contribution < 1.29 is 0 Å². The van der Waals surface area contributed by atoms with Gasteiger partial charge < -0.3 is 10.2 Å². The van der Waals surface area contributed by atoms with Crippen LogP contribution in [-0.4, -0.2) is 60.1 Å². The molecule has 21 heavy (non-hydrogen) atoms. The number of rotatable bonds is 4. The molecule has 2 aliphatic heterocycles. The van der Waals surface area contributed by atoms with Crippen molar-refractivity contribution in [3.63, 3.8) is 0 Å². The van der Waals surface area contributed by atoms with E-state index in [2.05, 4.69) is 42.8 Å². The Labute approximate surface area is 131 Å². The Morgan fingerprint density at radius 2 is 2.00 bits per heavy atom. The average Bonchev–Trinajstić information content (AvgIpc) is 3.32. The van der Waals surface area contributed by atoms with Crippen LogP contribution in [0.4, 0.5) is 0 Å². The normalized spacial score (nSPS) is 39.9. The van der Waals surface area contributed by atoms with E-state index in [1.165, 1.54) is 58.4 Å². The third kappa shape index (κ3) is 3.30. The van der Waals surface area contributed by atoms with Crippen LogP contribution in [0.1, 0.15) is 53.4 Å². The lowest BCUT2D eigenvalue weighted by Gasteiger charge is -2.52. The highest BCUT2D eigenvalue weighted by Gasteiger charge is 2.48. The van der Waals surface area contributed by atoms with Gasteiger partial charge in [0, 0.05) is 37.3 Å². The zero-order valence-electron chi connectivity index (χ0n) is 14.6. The Morgan fingerprint density at radius 1 is 1.24 bits per heavy atom. The maximum atomic E-state index is 3.93. The lowest BCUT2D eigenvalue weighted by atomic mass is 9.86. The molecule has 0 spiro atoms. The number of hydrogen-bond acceptors (Lipinski definition) is 3. The Kier molecular flexibility index (Phi) is 4.63. The van der Waals surface area contributed by atoms with Crippen molar-refractivity contribution in [1.29, 1.82) is 0 Å². The van der Waals surface area contributed by atoms with E-state index in [0.717, 1.165) is 23.9 Å². The maximum absolute atomic E-state index is 3.93. The summed E-state index contributed by atoms with van der Waals surface area (Å²) in [7, 11) is 0. The van der Waals surface area contributed by atoms with Gasteiger partial charge in [0.25, 0.3) is 0 Å². The molecule has 3 heteroatoms. The van der Waals surface area contributed by atoms with Crippen LogP contribution in [0.3, 0.4) is 0 Å². The van der Waals surface area contributed by atoms with Gasteiger partial charge in [0.05, 0.1) is 0 Å². The second kappa shape index (κ2) is 6.17. The lowest BCUT2D eigenvalue weighted by Crippen LogP contribution is -2.68. The molecule has 3 fully saturated rings. The fourth-order valence-corrected chi connectivity index (χ4v) is 4.61. The molecule has 2 heterocycles. The predicted molar refractivity (Wildman–Crippen MR) is 89.6 cm³/mol. The fourth-order valence-electron chi connectivity index (χ4n) is 4.61. The molecule has 3 rings (SSSR count). The van der Waals surface area contributed by atoms with Crippen molar-refractivity contribution in [2.45, 2.75) is 71.0 Å². The SMILES string of the molecule is CCN1CCCC(N2CC(C)(C3CC3)NCC2C(C)C)C1. The highest BCUT2D eigenvalue weighted by atomic mass is 15.3. The van der Waals surface area contributed by atoms with Gasteiger partial charge in [0.15, 0.2) is 0 Å². The van der Waals surface area contributed by atoms with E-state index in [1.807, 2.05) is 0 Å². The van der Waals surface area contributed by atoms with E-state index in [4.69, 9.17) is 0 Å². The number of piperidine rings is 1. The van der Waals surface area contributed by atoms with E-state index in [9.17, 15) is 0 Å². The first-order valence-corrected chi connectivity index (χ1v) is 9.26. The van der Waals surface area contributed by atoms with E-state index in [0.29, 0.717) is 5.54 Å². The van der Waals surface area contributed by atoms with Crippen molar-refractivity contribution in [2.75, 3.05) is 32.7 Å². The lowest BCUT2D eigenvalue weighted by molar-refractivity contribution is -0.00791. The zero-order valence-corrected chi connectivity index (χ0v) is 14.6. The molecular weight excluding hydrogens is 258 g/mol. The Morgan fingerprint density at radius 3 is 2.62 bits per heavy atom. The summed E-state index contributed by atoms with van der Waals surface area (Å²) in [6.07, 6.45) is 5.67. The molecule has 3 unspecified atom stereocenters. The first kappa shape index (κ1) is 15.8. The molecule has 3 aliphatic rings. The van der Waals surface area contributed by atoms with Crippen LogP contribution in [0.2, 0.25) is 0 Å². The van der Waals surface area contributed by atoms with Crippen molar-refractivity contribution in [1.82, 2.24) is 15.1 Å². The molecule has 1 aliphatic carbocycles. The zero-order chi connectivity index (χ0) is 15.0. The summed E-state index contributed by atoms with van der Waals surface area (Å²) in [5, 5.41) is 3.93. The summed E-state index contributed by atoms with van der Waals surface area (Å²) in [5.74, 6) is 1.68. The number of piperazine rings is 1. The Hall–Kier alpha value is -0.120. The van der Waals surface area contributed by atoms with E-state index < -0.39 is 0 Å². The van der Waals surface area contributed by atoms with Crippen LogP contribution in [0, 0.1) is 11.8 Å². The van der Waals surface area contributed by atoms with Crippen LogP contribution in [0.25, 0.3) is 0 Å². The molecule has 0 bridgehead atoms. The third-order valence-corrected chi connectivity index (χ3v) is 6.30. The quantitative estimate of drug-likeness (QED) is 0.859. The molecular formula is C18H35N3. The van der Waals surface area contributed by atoms with Crippen molar-refractivity contribution in [3.05, 3.63) is 0 Å². The van der Waals surface area contributed by atoms with Crippen LogP contribution < -0.4 is 5.32 Å². The van der Waals surface area contributed by atoms with Crippen LogP contribution >= 0.6 is 0 Å². The van der Waals surface area contributed by atoms with Gasteiger partial charge in [-0.3, -0.25) is 4.90 Å². The standard InChI is InChI=1S/C18H35N3/c1-5-20-10-6-7-16(12-20)21-13-18(4,15-8-9-15)19-11-17(21)14(2)3/h14-17,19H,5-13H2,1-4H3. The van der Waals surface area contributed by atoms with Gasteiger partial charge in [-0.2, -0.15) is 0 Å². The summed E-state index contributed by atoms with van der Waals surface area (Å²) in [5.41, 5.74) is 0.375. The molecule has 3 nitrogen and oxygen atoms in total. The predicted octanol–water partition coefficient (Wildman–Crippen LogP) is 2.57. The summed E-state index contributed by atoms with van der Waals surface area (Å²) in [6.45, 7) is 15.9. The Balaban J connectivity index is 1.73. The van der Waals surface area contributed by atoms with Crippen LogP contribution in [0.5, 0.6) is 0 Å². The number of hydrogen-bond donors (Lipinski definition) is 1. The number of nitrogens with one attached hydrogen (secondary N) is 1. The van der Waals surface area contributed by atoms with E-state index >= 15 is 0 Å². The first-order chi connectivity index (χ1) is 10.0. The van der Waals surface area contributed by atoms with Crippen molar-refractivity contribution >= 4 is 0 Å². The van der Waals surface area contributed by atoms with E-state index in [-0.39, 0.29) is 0 Å². The van der Waals surface area contributed by atoms with Gasteiger partial charge in [-0.1, -0.05) is 20.8 Å². The molecule has 122 valence electrons. The molecule has 0 radical (unpaired) electrons. The second-order valence-corrected chi connectivity index (χ2v) is 8.25. The topological polar surface area (TPSA) is 18.5 Å². The van der Waals surface area contributed by atoms with E-state index in [1.54, 1.807) is 0 Å². The molecule has 0 aromatic carbocycles. The highest BCUT2D eigenvalue weighted by Crippen LogP contribution is 2.42. The van der Waals surface area contributed by atoms with Gasteiger partial charge in [-0.25, -0.2) is 0 Å². The smallest absolute Gasteiger partial charge is 0.0309 e. The Bertz CT molecular complexity index is 352. The van der Waals surface area contributed by atoms with Crippen LogP contribution in [0.15, 0.2) is 0 Å². The largest absolute Gasteiger partial charge is 0.308 e. The monoisotopic (exact) mass is 293 g/mol. The number of likely N-dealkylation sites (N-methyl/N-ethyl adjacent to an activating group) is 1. The molecule has 0 aromatic heterocycles. The maximum Gasteiger partial charge on any atom is 0.0309 e. The molecule has 3 atom stereocenters. The first-order valence-electron chi connectivity index (χ1n) is 9.26. The summed E-state index contributed by atoms with van der Waals surface area (Å²) >= 11 is 0. The van der Waals surface area contributed by atoms with Gasteiger partial charge >= 0.3 is 0 Å². The van der Waals surface area contributed by atoms with Crippen LogP contribution in [-0.2, 0) is 0 Å². The third-order valence-electron chi connectivity index (χ3n) is 6.30. The molecule has 0 aromatic rings. The summed E-state index contributed by atoms with van der Waals surface area (Å²) in [6, 6.07) is 1.50. The molecule has 1 N–H and O–H groups in total. The highest BCUT2D eigenvalue weighted by molar-refractivity contribution is 5.06. The summed E-state index contributed by atoms with van der Waals surface area (Å²) in [4.78, 5) is 5.56. The van der Waals surface area contributed by atoms with Gasteiger partial charge in [0.1, 0.15) is 0 Å². The molecule has 1 saturated carbocycles. The number of likely N-dealkylation sites (tertiary alicyclic amines) is 1. The molecule has 2 saturated heterocycles. The van der Waals surface area contributed by atoms with Gasteiger partial charge in [-0.15, -0.1) is 0 Å². The van der Waals surface area contributed by atoms with Crippen molar-refractivity contribution in [3.8, 4) is 0 Å². The summed E-state index contributed by atoms with van der Waals surface area (Å²) < 4.78 is 0. The van der Waals surface area contributed by atoms with Gasteiger partial charge in [0.2, 0.25) is 0 Å². The fraction of sp³-hybridized carbons (Fsp3) is 1.00. The minimum Gasteiger partial charge on any atom is -0.308 e. The van der Waals surface area contributed by atoms with Crippen molar-refractivity contribution in [2.24, 2.45) is 11.8 Å². The minimum atomic E-state index is 0.375. The minimum absolute atomic E-state index is 0.375.